The van der Waals surface area contributed by atoms with Gasteiger partial charge in [0.15, 0.2) is 0 Å². The summed E-state index contributed by atoms with van der Waals surface area (Å²) in [5.41, 5.74) is 17.3. The van der Waals surface area contributed by atoms with E-state index < -0.39 is 0 Å². The van der Waals surface area contributed by atoms with Crippen LogP contribution in [-0.2, 0) is 38.2 Å². The van der Waals surface area contributed by atoms with Gasteiger partial charge in [-0.25, -0.2) is 4.99 Å². The average Bonchev–Trinajstić information content (AvgIpc) is 3.11. The van der Waals surface area contributed by atoms with Gasteiger partial charge in [-0.2, -0.15) is 0 Å². The Balaban J connectivity index is 0.00000240. The van der Waals surface area contributed by atoms with Gasteiger partial charge in [0.05, 0.1) is 10.6 Å². The number of nitrogens with zero attached hydrogens (tertiary/aromatic N) is 5. The van der Waals surface area contributed by atoms with Crippen LogP contribution in [0.2, 0.25) is 5.02 Å². The Bertz CT molecular complexity index is 946. The van der Waals surface area contributed by atoms with Crippen molar-refractivity contribution in [1.82, 2.24) is 15.2 Å². The zero-order valence-corrected chi connectivity index (χ0v) is 20.0. The second-order valence-corrected chi connectivity index (χ2v) is 7.93. The number of aryl methyl sites for hydroxylation is 1. The number of amidine groups is 1. The van der Waals surface area contributed by atoms with Gasteiger partial charge in [0.25, 0.3) is 0 Å². The number of fused-ring (bicyclic) bond motifs is 2. The molecule has 4 rings (SSSR count). The van der Waals surface area contributed by atoms with Gasteiger partial charge in [-0.3, -0.25) is 0 Å². The van der Waals surface area contributed by atoms with E-state index in [-0.39, 0.29) is 44.1 Å². The Labute approximate surface area is 200 Å². The van der Waals surface area contributed by atoms with Crippen LogP contribution < -0.4 is 11.5 Å². The van der Waals surface area contributed by atoms with Crippen molar-refractivity contribution in [2.45, 2.75) is 44.7 Å². The van der Waals surface area contributed by atoms with Crippen molar-refractivity contribution in [2.75, 3.05) is 0 Å². The fourth-order valence-corrected chi connectivity index (χ4v) is 4.53. The number of benzene rings is 1. The molecule has 0 spiro atoms. The Morgan fingerprint density at radius 2 is 2.21 bits per heavy atom. The summed E-state index contributed by atoms with van der Waals surface area (Å²) in [5, 5.41) is 10.9. The smallest absolute Gasteiger partial charge is 0.235 e. The van der Waals surface area contributed by atoms with Crippen LogP contribution in [0.15, 0.2) is 40.0 Å². The summed E-state index contributed by atoms with van der Waals surface area (Å²) in [6, 6.07) is 5.81. The SMILES string of the molecule is Cc1nnc(C23CC(C)CC(C2)N3[N-]c2ccc(Cl)c(C(N)=N/C=C\N)c2)o1.[Y]. The summed E-state index contributed by atoms with van der Waals surface area (Å²) < 4.78 is 5.80. The van der Waals surface area contributed by atoms with Crippen LogP contribution in [0.4, 0.5) is 5.69 Å². The van der Waals surface area contributed by atoms with Gasteiger partial charge in [0, 0.05) is 57.6 Å². The van der Waals surface area contributed by atoms with E-state index in [1.807, 2.05) is 12.1 Å². The fourth-order valence-electron chi connectivity index (χ4n) is 4.31. The van der Waals surface area contributed by atoms with Crippen LogP contribution in [-0.4, -0.2) is 27.1 Å². The molecular weight excluding hydrogens is 467 g/mol. The van der Waals surface area contributed by atoms with E-state index in [9.17, 15) is 0 Å². The van der Waals surface area contributed by atoms with E-state index in [4.69, 9.17) is 32.9 Å². The minimum Gasteiger partial charge on any atom is -0.619 e. The van der Waals surface area contributed by atoms with Crippen molar-refractivity contribution in [3.63, 3.8) is 0 Å². The van der Waals surface area contributed by atoms with E-state index in [0.29, 0.717) is 34.3 Å². The Morgan fingerprint density at radius 3 is 2.90 bits per heavy atom. The molecule has 1 saturated heterocycles. The Kier molecular flexibility index (Phi) is 6.68. The predicted octanol–water partition coefficient (Wildman–Crippen LogP) is 3.48. The first-order chi connectivity index (χ1) is 13.4. The van der Waals surface area contributed by atoms with Gasteiger partial charge in [0.1, 0.15) is 5.84 Å². The van der Waals surface area contributed by atoms with E-state index in [2.05, 4.69) is 27.1 Å². The van der Waals surface area contributed by atoms with Crippen LogP contribution in [0.25, 0.3) is 5.43 Å². The first-order valence-electron chi connectivity index (χ1n) is 9.24. The molecule has 1 aliphatic carbocycles. The molecule has 29 heavy (non-hydrogen) atoms. The summed E-state index contributed by atoms with van der Waals surface area (Å²) in [4.78, 5) is 4.08. The van der Waals surface area contributed by atoms with Crippen molar-refractivity contribution in [2.24, 2.45) is 22.4 Å². The summed E-state index contributed by atoms with van der Waals surface area (Å²) in [6.45, 7) is 4.06. The third-order valence-electron chi connectivity index (χ3n) is 5.39. The van der Waals surface area contributed by atoms with E-state index in [1.54, 1.807) is 13.0 Å². The normalized spacial score (nSPS) is 26.8. The number of hydrogen-bond donors (Lipinski definition) is 2. The monoisotopic (exact) mass is 489 g/mol. The molecule has 151 valence electrons. The second kappa shape index (κ2) is 8.72. The molecule has 1 aromatic carbocycles. The van der Waals surface area contributed by atoms with Crippen LogP contribution in [0.1, 0.15) is 43.5 Å². The molecule has 1 radical (unpaired) electrons. The quantitative estimate of drug-likeness (QED) is 0.490. The molecule has 3 unspecified atom stereocenters. The van der Waals surface area contributed by atoms with Crippen LogP contribution in [0, 0.1) is 12.8 Å². The largest absolute Gasteiger partial charge is 0.619 e. The Morgan fingerprint density at radius 1 is 1.41 bits per heavy atom. The maximum absolute atomic E-state index is 6.29. The Hall–Kier alpha value is -1.48. The van der Waals surface area contributed by atoms with Gasteiger partial charge in [-0.05, 0) is 37.3 Å². The zero-order valence-electron chi connectivity index (χ0n) is 16.4. The van der Waals surface area contributed by atoms with Crippen molar-refractivity contribution in [3.05, 3.63) is 58.4 Å². The zero-order chi connectivity index (χ0) is 19.9. The topological polar surface area (TPSA) is 121 Å². The van der Waals surface area contributed by atoms with Crippen molar-refractivity contribution in [1.29, 1.82) is 0 Å². The van der Waals surface area contributed by atoms with Gasteiger partial charge in [-0.1, -0.05) is 30.7 Å². The number of aromatic nitrogens is 2. The molecule has 1 aromatic heterocycles. The molecule has 2 bridgehead atoms. The van der Waals surface area contributed by atoms with Crippen LogP contribution >= 0.6 is 11.6 Å². The van der Waals surface area contributed by atoms with Crippen LogP contribution in [0.5, 0.6) is 0 Å². The molecular formula is C19H23ClN7OY-. The van der Waals surface area contributed by atoms with E-state index in [1.165, 1.54) is 12.4 Å². The second-order valence-electron chi connectivity index (χ2n) is 7.53. The minimum atomic E-state index is -0.342. The van der Waals surface area contributed by atoms with E-state index in [0.717, 1.165) is 24.9 Å². The van der Waals surface area contributed by atoms with Gasteiger partial charge in [0.2, 0.25) is 11.8 Å². The fraction of sp³-hybridized carbons (Fsp3) is 0.421. The summed E-state index contributed by atoms with van der Waals surface area (Å²) in [5.74, 6) is 2.06. The number of piperidine rings is 1. The molecule has 8 nitrogen and oxygen atoms in total. The molecule has 3 atom stereocenters. The summed E-state index contributed by atoms with van der Waals surface area (Å²) in [7, 11) is 0. The molecule has 1 saturated carbocycles. The summed E-state index contributed by atoms with van der Waals surface area (Å²) >= 11 is 6.29. The third-order valence-corrected chi connectivity index (χ3v) is 5.72. The molecule has 4 N–H and O–H groups in total. The first kappa shape index (κ1) is 22.2. The average molecular weight is 490 g/mol. The van der Waals surface area contributed by atoms with Crippen molar-refractivity contribution in [3.8, 4) is 0 Å². The standard InChI is InChI=1S/C19H23ClN7O.Y/c1-11-7-14-10-19(9-11,18-25-24-12(2)28-18)27(14)26-13-3-4-16(20)15(8-13)17(22)23-6-5-21;/h3-6,8,11,14H,7,9-10,21H2,1-2H3,(H2,22,23);/q-1;/b6-5-;. The summed E-state index contributed by atoms with van der Waals surface area (Å²) in [6.07, 6.45) is 5.72. The number of hydrogen-bond acceptors (Lipinski definition) is 6. The predicted molar refractivity (Wildman–Crippen MR) is 108 cm³/mol. The van der Waals surface area contributed by atoms with Gasteiger partial charge < -0.3 is 26.3 Å². The maximum atomic E-state index is 6.29. The first-order valence-corrected chi connectivity index (χ1v) is 9.62. The van der Waals surface area contributed by atoms with Crippen LogP contribution in [0.3, 0.4) is 0 Å². The number of nitrogens with two attached hydrogens (primary N) is 2. The molecule has 0 amide bonds. The number of aliphatic imine (C=N–C) groups is 1. The molecule has 2 aromatic rings. The van der Waals surface area contributed by atoms with Crippen molar-refractivity contribution < 1.29 is 37.1 Å². The van der Waals surface area contributed by atoms with E-state index >= 15 is 0 Å². The van der Waals surface area contributed by atoms with Crippen molar-refractivity contribution >= 4 is 23.1 Å². The minimum absolute atomic E-state index is 0. The molecule has 2 fully saturated rings. The number of halogens is 1. The maximum Gasteiger partial charge on any atom is 0.235 e. The molecule has 1 aliphatic heterocycles. The molecule has 2 heterocycles. The van der Waals surface area contributed by atoms with Gasteiger partial charge >= 0.3 is 0 Å². The van der Waals surface area contributed by atoms with Gasteiger partial charge in [-0.15, -0.1) is 15.9 Å². The molecule has 2 aliphatic rings. The molecule has 10 heteroatoms. The number of rotatable bonds is 5. The third kappa shape index (κ3) is 4.08.